The average molecular weight is 242 g/mol. The number of thiazole rings is 1. The van der Waals surface area contributed by atoms with Crippen molar-refractivity contribution in [1.29, 1.82) is 0 Å². The molecule has 17 heavy (non-hydrogen) atoms. The van der Waals surface area contributed by atoms with Gasteiger partial charge in [-0.3, -0.25) is 0 Å². The summed E-state index contributed by atoms with van der Waals surface area (Å²) in [5.74, 6) is 2.15. The predicted octanol–water partition coefficient (Wildman–Crippen LogP) is 3.17. The van der Waals surface area contributed by atoms with Crippen molar-refractivity contribution in [3.05, 3.63) is 46.5 Å². The molecule has 0 radical (unpaired) electrons. The molecule has 1 saturated carbocycles. The van der Waals surface area contributed by atoms with Crippen LogP contribution in [0.4, 0.5) is 5.13 Å². The van der Waals surface area contributed by atoms with Crippen LogP contribution in [0.5, 0.6) is 0 Å². The molecule has 0 aliphatic heterocycles. The molecule has 86 valence electrons. The van der Waals surface area contributed by atoms with Crippen LogP contribution >= 0.6 is 11.3 Å². The number of rotatable bonds is 1. The van der Waals surface area contributed by atoms with Crippen LogP contribution in [-0.4, -0.2) is 4.98 Å². The zero-order valence-electron chi connectivity index (χ0n) is 9.47. The first-order valence-electron chi connectivity index (χ1n) is 6.13. The van der Waals surface area contributed by atoms with E-state index >= 15 is 0 Å². The average Bonchev–Trinajstić information content (AvgIpc) is 2.96. The molecule has 1 heterocycles. The molecule has 1 aromatic heterocycles. The molecular weight excluding hydrogens is 228 g/mol. The van der Waals surface area contributed by atoms with Crippen molar-refractivity contribution in [2.75, 3.05) is 5.73 Å². The van der Waals surface area contributed by atoms with E-state index in [1.165, 1.54) is 18.5 Å². The highest BCUT2D eigenvalue weighted by Gasteiger charge is 2.54. The van der Waals surface area contributed by atoms with E-state index in [0.717, 1.165) is 5.92 Å². The maximum absolute atomic E-state index is 5.74. The number of aryl methyl sites for hydroxylation is 1. The molecule has 2 aromatic rings. The van der Waals surface area contributed by atoms with Gasteiger partial charge in [-0.2, -0.15) is 0 Å². The van der Waals surface area contributed by atoms with E-state index in [9.17, 15) is 0 Å². The third-order valence-corrected chi connectivity index (χ3v) is 4.90. The Morgan fingerprint density at radius 2 is 2.12 bits per heavy atom. The highest BCUT2D eigenvalue weighted by molar-refractivity contribution is 7.13. The van der Waals surface area contributed by atoms with E-state index in [2.05, 4.69) is 34.6 Å². The molecular formula is C14H14N2S. The molecule has 2 aliphatic rings. The molecule has 0 amide bonds. The minimum Gasteiger partial charge on any atom is -0.375 e. The van der Waals surface area contributed by atoms with Crippen LogP contribution < -0.4 is 5.73 Å². The molecule has 2 aliphatic carbocycles. The summed E-state index contributed by atoms with van der Waals surface area (Å²) in [6.45, 7) is 0. The van der Waals surface area contributed by atoms with E-state index in [1.54, 1.807) is 22.5 Å². The molecule has 0 spiro atoms. The number of hydrogen-bond acceptors (Lipinski definition) is 3. The second-order valence-electron chi connectivity index (χ2n) is 5.06. The zero-order valence-corrected chi connectivity index (χ0v) is 10.3. The van der Waals surface area contributed by atoms with Crippen LogP contribution in [0.3, 0.4) is 0 Å². The Morgan fingerprint density at radius 3 is 2.94 bits per heavy atom. The van der Waals surface area contributed by atoms with Gasteiger partial charge in [0, 0.05) is 11.3 Å². The molecule has 3 atom stereocenters. The number of aromatic nitrogens is 1. The van der Waals surface area contributed by atoms with Crippen LogP contribution in [0.2, 0.25) is 0 Å². The summed E-state index contributed by atoms with van der Waals surface area (Å²) in [7, 11) is 0. The number of hydrogen-bond donors (Lipinski definition) is 1. The van der Waals surface area contributed by atoms with E-state index in [-0.39, 0.29) is 0 Å². The first-order valence-corrected chi connectivity index (χ1v) is 7.01. The first-order chi connectivity index (χ1) is 8.34. The molecule has 0 saturated heterocycles. The summed E-state index contributed by atoms with van der Waals surface area (Å²) in [5, 5.41) is 2.85. The van der Waals surface area contributed by atoms with E-state index < -0.39 is 0 Å². The van der Waals surface area contributed by atoms with Gasteiger partial charge in [-0.1, -0.05) is 24.3 Å². The fourth-order valence-electron chi connectivity index (χ4n) is 3.42. The lowest BCUT2D eigenvalue weighted by atomic mass is 9.92. The molecule has 2 nitrogen and oxygen atoms in total. The molecule has 1 fully saturated rings. The lowest BCUT2D eigenvalue weighted by molar-refractivity contribution is 0.658. The largest absolute Gasteiger partial charge is 0.375 e. The molecule has 1 aromatic carbocycles. The van der Waals surface area contributed by atoms with Crippen molar-refractivity contribution in [3.63, 3.8) is 0 Å². The Bertz CT molecular complexity index is 575. The van der Waals surface area contributed by atoms with Gasteiger partial charge in [0.2, 0.25) is 0 Å². The van der Waals surface area contributed by atoms with Crippen molar-refractivity contribution in [2.24, 2.45) is 5.92 Å². The van der Waals surface area contributed by atoms with Gasteiger partial charge in [0.15, 0.2) is 5.13 Å². The number of nitrogens with zero attached hydrogens (tertiary/aromatic N) is 1. The molecule has 4 rings (SSSR count). The maximum atomic E-state index is 5.74. The summed E-state index contributed by atoms with van der Waals surface area (Å²) >= 11 is 1.57. The van der Waals surface area contributed by atoms with Gasteiger partial charge < -0.3 is 5.73 Å². The van der Waals surface area contributed by atoms with Gasteiger partial charge >= 0.3 is 0 Å². The zero-order chi connectivity index (χ0) is 11.4. The Morgan fingerprint density at radius 1 is 1.24 bits per heavy atom. The normalized spacial score (nSPS) is 29.5. The molecule has 0 bridgehead atoms. The summed E-state index contributed by atoms with van der Waals surface area (Å²) in [6.07, 6.45) is 2.54. The van der Waals surface area contributed by atoms with Crippen molar-refractivity contribution in [2.45, 2.75) is 24.7 Å². The second kappa shape index (κ2) is 3.33. The quantitative estimate of drug-likeness (QED) is 0.834. The van der Waals surface area contributed by atoms with E-state index in [0.29, 0.717) is 17.0 Å². The van der Waals surface area contributed by atoms with Crippen molar-refractivity contribution >= 4 is 16.5 Å². The highest BCUT2D eigenvalue weighted by Crippen LogP contribution is 2.65. The highest BCUT2D eigenvalue weighted by atomic mass is 32.1. The Balaban J connectivity index is 1.73. The predicted molar refractivity (Wildman–Crippen MR) is 70.3 cm³/mol. The van der Waals surface area contributed by atoms with Gasteiger partial charge in [0.25, 0.3) is 0 Å². The Kier molecular flexibility index (Phi) is 1.89. The van der Waals surface area contributed by atoms with Crippen LogP contribution in [-0.2, 0) is 6.42 Å². The fraction of sp³-hybridized carbons (Fsp3) is 0.357. The van der Waals surface area contributed by atoms with Crippen LogP contribution in [0, 0.1) is 5.92 Å². The third-order valence-electron chi connectivity index (χ3n) is 4.21. The van der Waals surface area contributed by atoms with Gasteiger partial charge in [-0.25, -0.2) is 4.98 Å². The summed E-state index contributed by atoms with van der Waals surface area (Å²) in [4.78, 5) is 4.47. The Hall–Kier alpha value is -1.35. The molecule has 3 unspecified atom stereocenters. The monoisotopic (exact) mass is 242 g/mol. The number of fused-ring (bicyclic) bond motifs is 3. The first kappa shape index (κ1) is 9.66. The smallest absolute Gasteiger partial charge is 0.180 e. The second-order valence-corrected chi connectivity index (χ2v) is 5.95. The Labute approximate surface area is 105 Å². The van der Waals surface area contributed by atoms with Crippen molar-refractivity contribution in [3.8, 4) is 0 Å². The van der Waals surface area contributed by atoms with Crippen LogP contribution in [0.15, 0.2) is 29.6 Å². The topological polar surface area (TPSA) is 38.9 Å². The van der Waals surface area contributed by atoms with Gasteiger partial charge in [-0.05, 0) is 35.8 Å². The number of nitrogen functional groups attached to an aromatic ring is 1. The lowest BCUT2D eigenvalue weighted by Gasteiger charge is -2.13. The minimum atomic E-state index is 0.632. The molecule has 2 N–H and O–H groups in total. The maximum Gasteiger partial charge on any atom is 0.180 e. The standard InChI is InChI=1S/C14H14N2S/c15-14-16-11(7-17-14)13-10-6-5-8-3-1-2-4-9(8)12(10)13/h1-4,7,10,12-13H,5-6H2,(H2,15,16). The SMILES string of the molecule is Nc1nc(C2C3CCc4ccccc4C32)cs1. The fourth-order valence-corrected chi connectivity index (χ4v) is 4.03. The summed E-state index contributed by atoms with van der Waals surface area (Å²) in [6, 6.07) is 8.88. The van der Waals surface area contributed by atoms with Gasteiger partial charge in [0.05, 0.1) is 5.69 Å². The minimum absolute atomic E-state index is 0.632. The van der Waals surface area contributed by atoms with E-state index in [4.69, 9.17) is 5.73 Å². The van der Waals surface area contributed by atoms with E-state index in [1.807, 2.05) is 0 Å². The number of anilines is 1. The third kappa shape index (κ3) is 1.35. The number of benzene rings is 1. The molecule has 3 heteroatoms. The number of nitrogens with two attached hydrogens (primary N) is 1. The van der Waals surface area contributed by atoms with Gasteiger partial charge in [0.1, 0.15) is 0 Å². The van der Waals surface area contributed by atoms with Crippen molar-refractivity contribution < 1.29 is 0 Å². The summed E-state index contributed by atoms with van der Waals surface area (Å²) < 4.78 is 0. The van der Waals surface area contributed by atoms with Gasteiger partial charge in [-0.15, -0.1) is 11.3 Å². The lowest BCUT2D eigenvalue weighted by Crippen LogP contribution is -2.00. The summed E-state index contributed by atoms with van der Waals surface area (Å²) in [5.41, 5.74) is 10.1. The van der Waals surface area contributed by atoms with Crippen molar-refractivity contribution in [1.82, 2.24) is 4.98 Å². The van der Waals surface area contributed by atoms with Crippen LogP contribution in [0.1, 0.15) is 35.1 Å². The van der Waals surface area contributed by atoms with Crippen LogP contribution in [0.25, 0.3) is 0 Å².